The molecule has 8 heteroatoms. The maximum absolute atomic E-state index is 12.7. The summed E-state index contributed by atoms with van der Waals surface area (Å²) in [5.41, 5.74) is 0.388. The number of rotatable bonds is 2. The van der Waals surface area contributed by atoms with E-state index >= 15 is 0 Å². The van der Waals surface area contributed by atoms with Crippen LogP contribution in [-0.2, 0) is 0 Å². The SMILES string of the molecule is O=C(c1ccc(Cl)nc1Cl)N1CCN(c2nsc3ccccc23)CC1. The van der Waals surface area contributed by atoms with Crippen LogP contribution in [-0.4, -0.2) is 46.3 Å². The minimum absolute atomic E-state index is 0.114. The van der Waals surface area contributed by atoms with E-state index in [4.69, 9.17) is 23.2 Å². The van der Waals surface area contributed by atoms with Gasteiger partial charge < -0.3 is 9.80 Å². The predicted octanol–water partition coefficient (Wildman–Crippen LogP) is 3.96. The number of piperazine rings is 1. The number of halogens is 2. The first-order chi connectivity index (χ1) is 12.1. The molecule has 0 radical (unpaired) electrons. The van der Waals surface area contributed by atoms with Crippen LogP contribution in [0.2, 0.25) is 10.3 Å². The summed E-state index contributed by atoms with van der Waals surface area (Å²) in [6, 6.07) is 11.4. The van der Waals surface area contributed by atoms with Crippen molar-refractivity contribution < 1.29 is 4.79 Å². The molecule has 0 unspecified atom stereocenters. The monoisotopic (exact) mass is 392 g/mol. The Morgan fingerprint density at radius 1 is 1.04 bits per heavy atom. The lowest BCUT2D eigenvalue weighted by atomic mass is 10.2. The van der Waals surface area contributed by atoms with E-state index in [0.29, 0.717) is 18.7 Å². The second kappa shape index (κ2) is 6.78. The number of hydrogen-bond acceptors (Lipinski definition) is 5. The fourth-order valence-corrected chi connectivity index (χ4v) is 4.19. The van der Waals surface area contributed by atoms with Gasteiger partial charge in [-0.3, -0.25) is 4.79 Å². The molecule has 0 spiro atoms. The van der Waals surface area contributed by atoms with Crippen LogP contribution in [0.3, 0.4) is 0 Å². The number of nitrogens with zero attached hydrogens (tertiary/aromatic N) is 4. The summed E-state index contributed by atoms with van der Waals surface area (Å²) in [5, 5.41) is 1.59. The molecule has 0 bridgehead atoms. The van der Waals surface area contributed by atoms with E-state index in [2.05, 4.69) is 26.4 Å². The van der Waals surface area contributed by atoms with Gasteiger partial charge in [-0.25, -0.2) is 4.98 Å². The number of benzene rings is 1. The fourth-order valence-electron chi connectivity index (χ4n) is 2.96. The number of carbonyl (C=O) groups excluding carboxylic acids is 1. The van der Waals surface area contributed by atoms with Gasteiger partial charge >= 0.3 is 0 Å². The van der Waals surface area contributed by atoms with Crippen LogP contribution in [0.25, 0.3) is 10.1 Å². The van der Waals surface area contributed by atoms with Crippen molar-refractivity contribution in [1.82, 2.24) is 14.3 Å². The Morgan fingerprint density at radius 3 is 2.56 bits per heavy atom. The van der Waals surface area contributed by atoms with Crippen molar-refractivity contribution in [3.63, 3.8) is 0 Å². The minimum atomic E-state index is -0.114. The second-order valence-corrected chi connectivity index (χ2v) is 7.30. The molecule has 25 heavy (non-hydrogen) atoms. The fraction of sp³-hybridized carbons (Fsp3) is 0.235. The van der Waals surface area contributed by atoms with Crippen LogP contribution in [0.4, 0.5) is 5.82 Å². The molecule has 1 aliphatic heterocycles. The van der Waals surface area contributed by atoms with Gasteiger partial charge in [0.25, 0.3) is 5.91 Å². The maximum Gasteiger partial charge on any atom is 0.257 e. The average Bonchev–Trinajstić information content (AvgIpc) is 3.05. The normalized spacial score (nSPS) is 15.0. The number of amides is 1. The van der Waals surface area contributed by atoms with Crippen molar-refractivity contribution in [2.75, 3.05) is 31.1 Å². The molecule has 1 fully saturated rings. The zero-order valence-corrected chi connectivity index (χ0v) is 15.5. The molecule has 1 aliphatic rings. The molecule has 0 N–H and O–H groups in total. The van der Waals surface area contributed by atoms with Crippen LogP contribution < -0.4 is 4.90 Å². The molecule has 4 rings (SSSR count). The maximum atomic E-state index is 12.7. The largest absolute Gasteiger partial charge is 0.352 e. The Hall–Kier alpha value is -1.89. The van der Waals surface area contributed by atoms with Gasteiger partial charge in [0, 0.05) is 31.6 Å². The highest BCUT2D eigenvalue weighted by Crippen LogP contribution is 2.30. The van der Waals surface area contributed by atoms with Crippen molar-refractivity contribution in [3.05, 3.63) is 52.3 Å². The van der Waals surface area contributed by atoms with Crippen LogP contribution in [0, 0.1) is 0 Å². The zero-order valence-electron chi connectivity index (χ0n) is 13.2. The molecule has 0 saturated carbocycles. The summed E-state index contributed by atoms with van der Waals surface area (Å²) < 4.78 is 5.77. The van der Waals surface area contributed by atoms with Crippen molar-refractivity contribution in [3.8, 4) is 0 Å². The van der Waals surface area contributed by atoms with Crippen molar-refractivity contribution >= 4 is 56.5 Å². The van der Waals surface area contributed by atoms with Gasteiger partial charge in [-0.05, 0) is 35.8 Å². The molecular formula is C17H14Cl2N4OS. The highest BCUT2D eigenvalue weighted by atomic mass is 35.5. The molecule has 2 aromatic heterocycles. The lowest BCUT2D eigenvalue weighted by Gasteiger charge is -2.35. The van der Waals surface area contributed by atoms with E-state index in [1.54, 1.807) is 17.0 Å². The van der Waals surface area contributed by atoms with Gasteiger partial charge in [0.1, 0.15) is 16.1 Å². The molecule has 0 aliphatic carbocycles. The van der Waals surface area contributed by atoms with Crippen molar-refractivity contribution in [2.24, 2.45) is 0 Å². The third-order valence-corrected chi connectivity index (χ3v) is 5.59. The summed E-state index contributed by atoms with van der Waals surface area (Å²) in [4.78, 5) is 20.6. The van der Waals surface area contributed by atoms with Gasteiger partial charge in [0.2, 0.25) is 0 Å². The molecule has 5 nitrogen and oxygen atoms in total. The first-order valence-electron chi connectivity index (χ1n) is 7.84. The Labute approximate surface area is 158 Å². The lowest BCUT2D eigenvalue weighted by molar-refractivity contribution is 0.0746. The third-order valence-electron chi connectivity index (χ3n) is 4.27. The van der Waals surface area contributed by atoms with Crippen LogP contribution >= 0.6 is 34.7 Å². The van der Waals surface area contributed by atoms with E-state index in [9.17, 15) is 4.79 Å². The van der Waals surface area contributed by atoms with Crippen LogP contribution in [0.1, 0.15) is 10.4 Å². The minimum Gasteiger partial charge on any atom is -0.352 e. The van der Waals surface area contributed by atoms with E-state index in [-0.39, 0.29) is 16.2 Å². The van der Waals surface area contributed by atoms with Crippen LogP contribution in [0.15, 0.2) is 36.4 Å². The number of carbonyl (C=O) groups is 1. The number of aromatic nitrogens is 2. The van der Waals surface area contributed by atoms with E-state index in [1.807, 2.05) is 12.1 Å². The summed E-state index contributed by atoms with van der Waals surface area (Å²) >= 11 is 13.4. The zero-order chi connectivity index (χ0) is 17.4. The molecule has 3 heterocycles. The molecule has 1 aromatic carbocycles. The third kappa shape index (κ3) is 3.17. The van der Waals surface area contributed by atoms with Gasteiger partial charge in [-0.2, -0.15) is 4.37 Å². The molecular weight excluding hydrogens is 379 g/mol. The Kier molecular flexibility index (Phi) is 4.50. The summed E-state index contributed by atoms with van der Waals surface area (Å²) in [5.74, 6) is 0.885. The molecule has 128 valence electrons. The second-order valence-electron chi connectivity index (χ2n) is 5.75. The topological polar surface area (TPSA) is 49.3 Å². The van der Waals surface area contributed by atoms with E-state index in [1.165, 1.54) is 16.2 Å². The standard InChI is InChI=1S/C17H14Cl2N4OS/c18-14-6-5-12(15(19)20-14)17(24)23-9-7-22(8-10-23)16-11-3-1-2-4-13(11)25-21-16/h1-6H,7-10H2. The quantitative estimate of drug-likeness (QED) is 0.619. The summed E-state index contributed by atoms with van der Waals surface area (Å²) in [6.45, 7) is 2.70. The number of hydrogen-bond donors (Lipinski definition) is 0. The first kappa shape index (κ1) is 16.6. The highest BCUT2D eigenvalue weighted by molar-refractivity contribution is 7.13. The summed E-state index contributed by atoms with van der Waals surface area (Å²) in [7, 11) is 0. The smallest absolute Gasteiger partial charge is 0.257 e. The average molecular weight is 393 g/mol. The Bertz CT molecular complexity index is 937. The van der Waals surface area contributed by atoms with Crippen LogP contribution in [0.5, 0.6) is 0 Å². The van der Waals surface area contributed by atoms with Gasteiger partial charge in [-0.15, -0.1) is 0 Å². The molecule has 1 amide bonds. The van der Waals surface area contributed by atoms with Crippen molar-refractivity contribution in [1.29, 1.82) is 0 Å². The molecule has 3 aromatic rings. The Morgan fingerprint density at radius 2 is 1.80 bits per heavy atom. The summed E-state index contributed by atoms with van der Waals surface area (Å²) in [6.07, 6.45) is 0. The first-order valence-corrected chi connectivity index (χ1v) is 9.37. The highest BCUT2D eigenvalue weighted by Gasteiger charge is 2.25. The molecule has 1 saturated heterocycles. The van der Waals surface area contributed by atoms with Crippen molar-refractivity contribution in [2.45, 2.75) is 0 Å². The Balaban J connectivity index is 1.49. The molecule has 0 atom stereocenters. The number of fused-ring (bicyclic) bond motifs is 1. The number of pyridine rings is 1. The van der Waals surface area contributed by atoms with E-state index in [0.717, 1.165) is 24.3 Å². The van der Waals surface area contributed by atoms with Gasteiger partial charge in [0.15, 0.2) is 0 Å². The van der Waals surface area contributed by atoms with Gasteiger partial charge in [0.05, 0.1) is 10.3 Å². The lowest BCUT2D eigenvalue weighted by Crippen LogP contribution is -2.49. The van der Waals surface area contributed by atoms with E-state index < -0.39 is 0 Å². The predicted molar refractivity (Wildman–Crippen MR) is 102 cm³/mol. The number of anilines is 1. The van der Waals surface area contributed by atoms with Gasteiger partial charge in [-0.1, -0.05) is 35.3 Å².